The van der Waals surface area contributed by atoms with E-state index in [1.54, 1.807) is 0 Å². The molecule has 3 aromatic carbocycles. The molecule has 0 N–H and O–H groups in total. The van der Waals surface area contributed by atoms with E-state index in [0.717, 1.165) is 46.3 Å². The number of pyridine rings is 3. The highest BCUT2D eigenvalue weighted by Gasteiger charge is 2.12. The van der Waals surface area contributed by atoms with Crippen LogP contribution in [0.3, 0.4) is 0 Å². The van der Waals surface area contributed by atoms with E-state index in [-0.39, 0.29) is 0 Å². The Hall–Kier alpha value is -5.48. The van der Waals surface area contributed by atoms with Crippen LogP contribution in [0.25, 0.3) is 61.2 Å². The minimum Gasteiger partial charge on any atom is -0.293 e. The van der Waals surface area contributed by atoms with Crippen molar-refractivity contribution in [1.29, 1.82) is 0 Å². The fourth-order valence-electron chi connectivity index (χ4n) is 5.51. The summed E-state index contributed by atoms with van der Waals surface area (Å²) in [6.07, 6.45) is 16.1. The Balaban J connectivity index is 1.36. The minimum atomic E-state index is 0.823. The highest BCUT2D eigenvalue weighted by atomic mass is 14.7. The van der Waals surface area contributed by atoms with Gasteiger partial charge in [-0.2, -0.15) is 0 Å². The number of rotatable bonds is 6. The quantitative estimate of drug-likeness (QED) is 0.212. The summed E-state index contributed by atoms with van der Waals surface area (Å²) in [7, 11) is 0. The molecule has 0 aliphatic carbocycles. The Kier molecular flexibility index (Phi) is 7.01. The molecule has 0 saturated carbocycles. The Morgan fingerprint density at radius 2 is 0.762 bits per heavy atom. The van der Waals surface area contributed by atoms with Crippen molar-refractivity contribution in [2.24, 2.45) is 4.99 Å². The third-order valence-corrected chi connectivity index (χ3v) is 7.70. The molecule has 1 aliphatic heterocycles. The molecule has 0 spiro atoms. The molecule has 200 valence electrons. The number of allylic oxidation sites excluding steroid dienone is 1. The molecule has 42 heavy (non-hydrogen) atoms. The molecule has 0 saturated heterocycles. The van der Waals surface area contributed by atoms with Crippen LogP contribution in [-0.2, 0) is 0 Å². The van der Waals surface area contributed by atoms with Crippen molar-refractivity contribution in [1.82, 2.24) is 15.0 Å². The average molecular weight is 541 g/mol. The van der Waals surface area contributed by atoms with E-state index in [1.165, 1.54) is 33.4 Å². The van der Waals surface area contributed by atoms with Crippen LogP contribution in [0.1, 0.15) is 12.0 Å². The lowest BCUT2D eigenvalue weighted by Gasteiger charge is -2.15. The predicted molar refractivity (Wildman–Crippen MR) is 173 cm³/mol. The van der Waals surface area contributed by atoms with Crippen molar-refractivity contribution < 1.29 is 0 Å². The fraction of sp³-hybridized carbons (Fsp3) is 0.0526. The lowest BCUT2D eigenvalue weighted by molar-refractivity contribution is 1.02. The topological polar surface area (TPSA) is 51.0 Å². The van der Waals surface area contributed by atoms with Crippen LogP contribution in [0.5, 0.6) is 0 Å². The summed E-state index contributed by atoms with van der Waals surface area (Å²) in [4.78, 5) is 17.1. The van der Waals surface area contributed by atoms with Crippen molar-refractivity contribution in [2.45, 2.75) is 6.42 Å². The van der Waals surface area contributed by atoms with Gasteiger partial charge in [-0.1, -0.05) is 18.2 Å². The van der Waals surface area contributed by atoms with E-state index in [4.69, 9.17) is 0 Å². The molecule has 4 heteroatoms. The Morgan fingerprint density at radius 3 is 1.17 bits per heavy atom. The molecule has 3 aromatic heterocycles. The lowest BCUT2D eigenvalue weighted by atomic mass is 9.90. The first kappa shape index (κ1) is 25.5. The molecule has 6 aromatic rings. The van der Waals surface area contributed by atoms with Crippen molar-refractivity contribution in [3.63, 3.8) is 0 Å². The number of nitrogens with zero attached hydrogens (tertiary/aromatic N) is 4. The second-order valence-electron chi connectivity index (χ2n) is 10.4. The van der Waals surface area contributed by atoms with Gasteiger partial charge in [0.15, 0.2) is 0 Å². The van der Waals surface area contributed by atoms with Gasteiger partial charge in [0.05, 0.1) is 0 Å². The third kappa shape index (κ3) is 5.43. The number of hydrogen-bond donors (Lipinski definition) is 0. The summed E-state index contributed by atoms with van der Waals surface area (Å²) >= 11 is 0. The molecule has 7 rings (SSSR count). The summed E-state index contributed by atoms with van der Waals surface area (Å²) < 4.78 is 0. The molecule has 1 aliphatic rings. The van der Waals surface area contributed by atoms with Gasteiger partial charge >= 0.3 is 0 Å². The molecule has 0 unspecified atom stereocenters. The van der Waals surface area contributed by atoms with E-state index >= 15 is 0 Å². The standard InChI is InChI=1S/C38H28N4/c1-2-31(37-23-33(27-4-12-39-13-5-27)21-34(24-37)28-6-14-40-15-7-28)20-32(3-1)38-25-35(29-8-16-41-17-9-29)22-36(26-38)30-10-18-42-19-11-30/h1-10,12-18,20-26H,11,19H2. The van der Waals surface area contributed by atoms with Crippen molar-refractivity contribution in [2.75, 3.05) is 6.54 Å². The first-order valence-electron chi connectivity index (χ1n) is 14.1. The van der Waals surface area contributed by atoms with Crippen LogP contribution in [0.4, 0.5) is 0 Å². The Morgan fingerprint density at radius 1 is 0.381 bits per heavy atom. The average Bonchev–Trinajstić information content (AvgIpc) is 3.09. The summed E-state index contributed by atoms with van der Waals surface area (Å²) in [6, 6.07) is 34.9. The lowest BCUT2D eigenvalue weighted by Crippen LogP contribution is -1.96. The van der Waals surface area contributed by atoms with E-state index in [2.05, 4.69) is 123 Å². The largest absolute Gasteiger partial charge is 0.293 e. The Labute approximate surface area is 245 Å². The monoisotopic (exact) mass is 540 g/mol. The summed E-state index contributed by atoms with van der Waals surface area (Å²) in [6.45, 7) is 0.823. The summed E-state index contributed by atoms with van der Waals surface area (Å²) in [5.41, 5.74) is 14.1. The van der Waals surface area contributed by atoms with Gasteiger partial charge in [-0.15, -0.1) is 0 Å². The van der Waals surface area contributed by atoms with Crippen LogP contribution in [-0.4, -0.2) is 27.7 Å². The zero-order valence-electron chi connectivity index (χ0n) is 23.1. The number of aliphatic imine (C=N–C) groups is 1. The molecule has 0 fully saturated rings. The SMILES string of the molecule is C1=NCCC(c2cc(-c3ccncc3)cc(-c3cccc(-c4cc(-c5ccncc5)cc(-c5ccncc5)c4)c3)c2)=C1. The smallest absolute Gasteiger partial charge is 0.0429 e. The van der Waals surface area contributed by atoms with E-state index in [9.17, 15) is 0 Å². The maximum absolute atomic E-state index is 4.40. The van der Waals surface area contributed by atoms with Gasteiger partial charge in [0.25, 0.3) is 0 Å². The van der Waals surface area contributed by atoms with Crippen LogP contribution >= 0.6 is 0 Å². The number of benzene rings is 3. The number of hydrogen-bond acceptors (Lipinski definition) is 4. The molecular weight excluding hydrogens is 512 g/mol. The van der Waals surface area contributed by atoms with Crippen LogP contribution in [0.15, 0.2) is 145 Å². The molecular formula is C38H28N4. The maximum Gasteiger partial charge on any atom is 0.0429 e. The number of aromatic nitrogens is 3. The minimum absolute atomic E-state index is 0.823. The number of dihydropyridines is 1. The summed E-state index contributed by atoms with van der Waals surface area (Å²) in [5.74, 6) is 0. The zero-order chi connectivity index (χ0) is 28.1. The van der Waals surface area contributed by atoms with Gasteiger partial charge < -0.3 is 0 Å². The van der Waals surface area contributed by atoms with Crippen LogP contribution < -0.4 is 0 Å². The van der Waals surface area contributed by atoms with Crippen molar-refractivity contribution >= 4 is 11.8 Å². The second kappa shape index (κ2) is 11.6. The zero-order valence-corrected chi connectivity index (χ0v) is 23.1. The molecule has 0 radical (unpaired) electrons. The van der Waals surface area contributed by atoms with Gasteiger partial charge in [0.2, 0.25) is 0 Å². The first-order valence-corrected chi connectivity index (χ1v) is 14.1. The van der Waals surface area contributed by atoms with Gasteiger partial charge in [0.1, 0.15) is 0 Å². The van der Waals surface area contributed by atoms with Crippen LogP contribution in [0, 0.1) is 0 Å². The highest BCUT2D eigenvalue weighted by molar-refractivity contribution is 5.89. The van der Waals surface area contributed by atoms with Gasteiger partial charge in [-0.25, -0.2) is 0 Å². The molecule has 4 nitrogen and oxygen atoms in total. The van der Waals surface area contributed by atoms with Crippen molar-refractivity contribution in [3.05, 3.63) is 146 Å². The van der Waals surface area contributed by atoms with Gasteiger partial charge in [-0.3, -0.25) is 19.9 Å². The normalized spacial score (nSPS) is 12.6. The van der Waals surface area contributed by atoms with Gasteiger partial charge in [0, 0.05) is 49.9 Å². The van der Waals surface area contributed by atoms with Crippen LogP contribution in [0.2, 0.25) is 0 Å². The molecule has 4 heterocycles. The van der Waals surface area contributed by atoms with E-state index < -0.39 is 0 Å². The predicted octanol–water partition coefficient (Wildman–Crippen LogP) is 9.06. The van der Waals surface area contributed by atoms with E-state index in [0.29, 0.717) is 0 Å². The van der Waals surface area contributed by atoms with E-state index in [1.807, 2.05) is 43.4 Å². The van der Waals surface area contributed by atoms with Gasteiger partial charge in [-0.05, 0) is 158 Å². The molecule has 0 amide bonds. The second-order valence-corrected chi connectivity index (χ2v) is 10.4. The first-order chi connectivity index (χ1) is 20.8. The molecule has 0 bridgehead atoms. The highest BCUT2D eigenvalue weighted by Crippen LogP contribution is 2.36. The maximum atomic E-state index is 4.40. The Bertz CT molecular complexity index is 1850. The van der Waals surface area contributed by atoms with Crippen molar-refractivity contribution in [3.8, 4) is 55.6 Å². The molecule has 0 atom stereocenters. The third-order valence-electron chi connectivity index (χ3n) is 7.70. The summed E-state index contributed by atoms with van der Waals surface area (Å²) in [5, 5.41) is 0. The fourth-order valence-corrected chi connectivity index (χ4v) is 5.51.